The number of anilines is 3. The summed E-state index contributed by atoms with van der Waals surface area (Å²) in [5.74, 6) is -1.67. The molecule has 5 rings (SSSR count). The fourth-order valence-corrected chi connectivity index (χ4v) is 5.42. The minimum absolute atomic E-state index is 0.00498. The highest BCUT2D eigenvalue weighted by atomic mass is 19.4. The van der Waals surface area contributed by atoms with Crippen molar-refractivity contribution in [2.75, 3.05) is 29.9 Å². The molecule has 0 bridgehead atoms. The third kappa shape index (κ3) is 4.59. The molecule has 2 fully saturated rings. The third-order valence-corrected chi connectivity index (χ3v) is 7.34. The van der Waals surface area contributed by atoms with E-state index in [0.717, 1.165) is 36.6 Å². The second-order valence-electron chi connectivity index (χ2n) is 9.63. The summed E-state index contributed by atoms with van der Waals surface area (Å²) in [5, 5.41) is 4.01. The molecule has 0 amide bonds. The van der Waals surface area contributed by atoms with Crippen LogP contribution < -0.4 is 21.5 Å². The predicted molar refractivity (Wildman–Crippen MR) is 130 cm³/mol. The maximum Gasteiger partial charge on any atom is 0.393 e. The van der Waals surface area contributed by atoms with Gasteiger partial charge in [-0.1, -0.05) is 12.8 Å². The first-order valence-electron chi connectivity index (χ1n) is 12.0. The molecule has 3 aromatic rings. The van der Waals surface area contributed by atoms with E-state index in [1.165, 1.54) is 0 Å². The van der Waals surface area contributed by atoms with Gasteiger partial charge in [-0.15, -0.1) is 0 Å². The number of rotatable bonds is 5. The Balaban J connectivity index is 1.38. The number of nitrogens with zero attached hydrogens (tertiary/aromatic N) is 4. The molecule has 0 radical (unpaired) electrons. The van der Waals surface area contributed by atoms with Crippen LogP contribution in [0.1, 0.15) is 37.3 Å². The maximum absolute atomic E-state index is 13.4. The average Bonchev–Trinajstić information content (AvgIpc) is 3.50. The Hall–Kier alpha value is -3.14. The number of aromatic nitrogens is 3. The molecular formula is C25H29F3N6O. The summed E-state index contributed by atoms with van der Waals surface area (Å²) in [5.41, 5.74) is 8.45. The molecule has 2 atom stereocenters. The summed E-state index contributed by atoms with van der Waals surface area (Å²) in [7, 11) is 0. The SMILES string of the molecule is Cc1cc(=O)n(C2CCCC2)c2nc(Nc3ccc(N4C[C@@H](CN)[C@H](C(F)(F)F)C4)cc3)ncc12. The van der Waals surface area contributed by atoms with Gasteiger partial charge in [-0.3, -0.25) is 9.36 Å². The predicted octanol–water partition coefficient (Wildman–Crippen LogP) is 4.53. The summed E-state index contributed by atoms with van der Waals surface area (Å²) >= 11 is 0. The molecule has 1 aliphatic heterocycles. The molecule has 35 heavy (non-hydrogen) atoms. The largest absolute Gasteiger partial charge is 0.393 e. The summed E-state index contributed by atoms with van der Waals surface area (Å²) in [6.45, 7) is 2.07. The van der Waals surface area contributed by atoms with Gasteiger partial charge >= 0.3 is 6.18 Å². The molecule has 2 aromatic heterocycles. The van der Waals surface area contributed by atoms with E-state index in [1.807, 2.05) is 6.92 Å². The van der Waals surface area contributed by atoms with Gasteiger partial charge in [0, 0.05) is 54.1 Å². The van der Waals surface area contributed by atoms with E-state index in [1.54, 1.807) is 46.0 Å². The first-order valence-corrected chi connectivity index (χ1v) is 12.0. The standard InChI is InChI=1S/C25H29F3N6O/c1-15-10-22(35)34(19-4-2-3-5-19)23-20(15)12-30-24(32-23)31-17-6-8-18(9-7-17)33-13-16(11-29)21(14-33)25(26,27)28/h6-10,12,16,19,21H,2-5,11,13-14,29H2,1H3,(H,30,31,32)/t16-,21-/m1/s1. The quantitative estimate of drug-likeness (QED) is 0.551. The maximum atomic E-state index is 13.4. The number of halogens is 3. The van der Waals surface area contributed by atoms with E-state index in [9.17, 15) is 18.0 Å². The zero-order chi connectivity index (χ0) is 24.7. The topological polar surface area (TPSA) is 89.1 Å². The van der Waals surface area contributed by atoms with Crippen molar-refractivity contribution in [2.45, 2.75) is 44.8 Å². The van der Waals surface area contributed by atoms with Crippen LogP contribution in [0.15, 0.2) is 41.3 Å². The number of hydrogen-bond acceptors (Lipinski definition) is 6. The number of nitrogens with two attached hydrogens (primary N) is 1. The minimum Gasteiger partial charge on any atom is -0.371 e. The van der Waals surface area contributed by atoms with Crippen LogP contribution in [0, 0.1) is 18.8 Å². The van der Waals surface area contributed by atoms with Crippen LogP contribution in [0.25, 0.3) is 11.0 Å². The normalized spacial score (nSPS) is 21.2. The Morgan fingerprint density at radius 1 is 1.14 bits per heavy atom. The molecule has 1 saturated heterocycles. The van der Waals surface area contributed by atoms with Crippen molar-refractivity contribution < 1.29 is 13.2 Å². The van der Waals surface area contributed by atoms with Gasteiger partial charge in [0.1, 0.15) is 5.65 Å². The number of alkyl halides is 3. The van der Waals surface area contributed by atoms with Crippen LogP contribution >= 0.6 is 0 Å². The third-order valence-electron chi connectivity index (χ3n) is 7.34. The van der Waals surface area contributed by atoms with Crippen LogP contribution in [0.2, 0.25) is 0 Å². The van der Waals surface area contributed by atoms with Gasteiger partial charge in [-0.2, -0.15) is 18.2 Å². The lowest BCUT2D eigenvalue weighted by atomic mass is 9.96. The molecule has 186 valence electrons. The lowest BCUT2D eigenvalue weighted by Gasteiger charge is -2.20. The van der Waals surface area contributed by atoms with E-state index in [2.05, 4.69) is 15.3 Å². The zero-order valence-electron chi connectivity index (χ0n) is 19.6. The van der Waals surface area contributed by atoms with E-state index in [0.29, 0.717) is 23.0 Å². The monoisotopic (exact) mass is 486 g/mol. The Morgan fingerprint density at radius 3 is 2.49 bits per heavy atom. The van der Waals surface area contributed by atoms with Crippen molar-refractivity contribution in [1.82, 2.24) is 14.5 Å². The highest BCUT2D eigenvalue weighted by Crippen LogP contribution is 2.39. The van der Waals surface area contributed by atoms with Gasteiger partial charge in [0.25, 0.3) is 5.56 Å². The molecule has 1 aromatic carbocycles. The van der Waals surface area contributed by atoms with Crippen molar-refractivity contribution in [3.05, 3.63) is 52.4 Å². The van der Waals surface area contributed by atoms with E-state index in [-0.39, 0.29) is 31.2 Å². The highest BCUT2D eigenvalue weighted by molar-refractivity contribution is 5.79. The number of hydrogen-bond donors (Lipinski definition) is 2. The van der Waals surface area contributed by atoms with Crippen LogP contribution in [0.3, 0.4) is 0 Å². The Kier molecular flexibility index (Phi) is 6.16. The minimum atomic E-state index is -4.26. The first-order chi connectivity index (χ1) is 16.7. The fourth-order valence-electron chi connectivity index (χ4n) is 5.42. The van der Waals surface area contributed by atoms with Crippen molar-refractivity contribution in [3.63, 3.8) is 0 Å². The molecule has 3 N–H and O–H groups in total. The molecule has 0 unspecified atom stereocenters. The number of aryl methyl sites for hydroxylation is 1. The zero-order valence-corrected chi connectivity index (χ0v) is 19.6. The first kappa shape index (κ1) is 23.6. The number of benzene rings is 1. The molecular weight excluding hydrogens is 457 g/mol. The highest BCUT2D eigenvalue weighted by Gasteiger charge is 2.49. The number of pyridine rings is 1. The van der Waals surface area contributed by atoms with Crippen molar-refractivity contribution in [1.29, 1.82) is 0 Å². The lowest BCUT2D eigenvalue weighted by molar-refractivity contribution is -0.177. The Bertz CT molecular complexity index is 1270. The molecule has 7 nitrogen and oxygen atoms in total. The van der Waals surface area contributed by atoms with Gasteiger partial charge in [0.2, 0.25) is 5.95 Å². The van der Waals surface area contributed by atoms with E-state index >= 15 is 0 Å². The van der Waals surface area contributed by atoms with Crippen molar-refractivity contribution in [3.8, 4) is 0 Å². The summed E-state index contributed by atoms with van der Waals surface area (Å²) in [4.78, 5) is 23.7. The van der Waals surface area contributed by atoms with Gasteiger partial charge in [-0.05, 0) is 56.1 Å². The van der Waals surface area contributed by atoms with Gasteiger partial charge in [0.15, 0.2) is 0 Å². The van der Waals surface area contributed by atoms with Gasteiger partial charge in [-0.25, -0.2) is 4.98 Å². The van der Waals surface area contributed by atoms with Crippen molar-refractivity contribution >= 4 is 28.4 Å². The molecule has 10 heteroatoms. The summed E-state index contributed by atoms with van der Waals surface area (Å²) < 4.78 is 41.9. The Labute approximate surface area is 201 Å². The Morgan fingerprint density at radius 2 is 1.86 bits per heavy atom. The van der Waals surface area contributed by atoms with Crippen LogP contribution in [-0.2, 0) is 0 Å². The van der Waals surface area contributed by atoms with Crippen LogP contribution in [0.5, 0.6) is 0 Å². The molecule has 1 aliphatic carbocycles. The second kappa shape index (κ2) is 9.14. The second-order valence-corrected chi connectivity index (χ2v) is 9.63. The van der Waals surface area contributed by atoms with Crippen LogP contribution in [-0.4, -0.2) is 40.3 Å². The average molecular weight is 487 g/mol. The number of nitrogens with one attached hydrogen (secondary N) is 1. The van der Waals surface area contributed by atoms with E-state index < -0.39 is 18.0 Å². The van der Waals surface area contributed by atoms with Gasteiger partial charge in [0.05, 0.1) is 5.92 Å². The fraction of sp³-hybridized carbons (Fsp3) is 0.480. The van der Waals surface area contributed by atoms with Crippen LogP contribution in [0.4, 0.5) is 30.5 Å². The van der Waals surface area contributed by atoms with E-state index in [4.69, 9.17) is 5.73 Å². The number of fused-ring (bicyclic) bond motifs is 1. The molecule has 0 spiro atoms. The molecule has 2 aliphatic rings. The van der Waals surface area contributed by atoms with Gasteiger partial charge < -0.3 is 16.0 Å². The molecule has 3 heterocycles. The lowest BCUT2D eigenvalue weighted by Crippen LogP contribution is -2.33. The molecule has 1 saturated carbocycles. The smallest absolute Gasteiger partial charge is 0.371 e. The van der Waals surface area contributed by atoms with Crippen molar-refractivity contribution in [2.24, 2.45) is 17.6 Å². The summed E-state index contributed by atoms with van der Waals surface area (Å²) in [6, 6.07) is 8.95. The summed E-state index contributed by atoms with van der Waals surface area (Å²) in [6.07, 6.45) is 1.59.